The SMILES string of the molecule is CC(C)(C)C[C@H](NC(=O)/C=C/c1ccc(Cl)cn1)C(=O)NC(CC1CCNC1=O)C(=O)C(=O)NC1CC1. The summed E-state index contributed by atoms with van der Waals surface area (Å²) in [6.07, 6.45) is 6.60. The fourth-order valence-electron chi connectivity index (χ4n) is 3.99. The molecule has 1 saturated heterocycles. The van der Waals surface area contributed by atoms with Crippen LogP contribution in [-0.4, -0.2) is 59.1 Å². The molecule has 4 N–H and O–H groups in total. The average Bonchev–Trinajstić information content (AvgIpc) is 3.55. The molecular formula is C26H34ClN5O5. The number of pyridine rings is 1. The Morgan fingerprint density at radius 3 is 2.43 bits per heavy atom. The lowest BCUT2D eigenvalue weighted by molar-refractivity contribution is -0.141. The van der Waals surface area contributed by atoms with E-state index in [1.807, 2.05) is 20.8 Å². The van der Waals surface area contributed by atoms with Crippen LogP contribution < -0.4 is 21.3 Å². The molecule has 4 amide bonds. The molecule has 0 bridgehead atoms. The van der Waals surface area contributed by atoms with Crippen LogP contribution in [-0.2, 0) is 24.0 Å². The number of halogens is 1. The van der Waals surface area contributed by atoms with Crippen LogP contribution in [0.25, 0.3) is 6.08 Å². The maximum Gasteiger partial charge on any atom is 0.289 e. The lowest BCUT2D eigenvalue weighted by Gasteiger charge is -2.28. The molecule has 0 aromatic carbocycles. The summed E-state index contributed by atoms with van der Waals surface area (Å²) in [5.74, 6) is -3.40. The molecule has 3 atom stereocenters. The zero-order valence-electron chi connectivity index (χ0n) is 21.3. The second kappa shape index (κ2) is 12.3. The fraction of sp³-hybridized carbons (Fsp3) is 0.538. The Kier molecular flexibility index (Phi) is 9.42. The van der Waals surface area contributed by atoms with Crippen molar-refractivity contribution in [2.75, 3.05) is 6.54 Å². The van der Waals surface area contributed by atoms with Crippen LogP contribution in [0.5, 0.6) is 0 Å². The van der Waals surface area contributed by atoms with Gasteiger partial charge < -0.3 is 21.3 Å². The molecule has 1 aromatic rings. The second-order valence-electron chi connectivity index (χ2n) is 10.7. The van der Waals surface area contributed by atoms with E-state index in [-0.39, 0.29) is 30.2 Å². The van der Waals surface area contributed by atoms with Gasteiger partial charge >= 0.3 is 0 Å². The highest BCUT2D eigenvalue weighted by Gasteiger charge is 2.37. The number of rotatable bonds is 11. The van der Waals surface area contributed by atoms with Crippen molar-refractivity contribution in [2.45, 2.75) is 71.0 Å². The van der Waals surface area contributed by atoms with E-state index in [1.54, 1.807) is 12.1 Å². The molecule has 2 aliphatic rings. The van der Waals surface area contributed by atoms with Gasteiger partial charge in [0.15, 0.2) is 0 Å². The largest absolute Gasteiger partial charge is 0.356 e. The smallest absolute Gasteiger partial charge is 0.289 e. The van der Waals surface area contributed by atoms with E-state index in [0.29, 0.717) is 23.7 Å². The predicted octanol–water partition coefficient (Wildman–Crippen LogP) is 1.53. The van der Waals surface area contributed by atoms with Crippen molar-refractivity contribution in [3.05, 3.63) is 35.1 Å². The zero-order chi connectivity index (χ0) is 27.2. The maximum atomic E-state index is 13.3. The summed E-state index contributed by atoms with van der Waals surface area (Å²) >= 11 is 5.83. The van der Waals surface area contributed by atoms with Crippen LogP contribution in [0.3, 0.4) is 0 Å². The molecule has 37 heavy (non-hydrogen) atoms. The number of hydrogen-bond donors (Lipinski definition) is 4. The number of amides is 4. The van der Waals surface area contributed by atoms with E-state index in [9.17, 15) is 24.0 Å². The van der Waals surface area contributed by atoms with Gasteiger partial charge in [0.1, 0.15) is 6.04 Å². The lowest BCUT2D eigenvalue weighted by atomic mass is 9.87. The minimum absolute atomic E-state index is 0.00676. The summed E-state index contributed by atoms with van der Waals surface area (Å²) < 4.78 is 0. The molecule has 3 rings (SSSR count). The third kappa shape index (κ3) is 9.27. The summed E-state index contributed by atoms with van der Waals surface area (Å²) in [6, 6.07) is 1.09. The highest BCUT2D eigenvalue weighted by molar-refractivity contribution is 6.38. The average molecular weight is 532 g/mol. The standard InChI is InChI=1S/C26H34ClN5O5/c1-26(2,3)13-20(31-21(33)9-8-17-5-4-16(27)14-29-17)24(36)32-19(12-15-10-11-28-23(15)35)22(34)25(37)30-18-6-7-18/h4-5,8-9,14-15,18-20H,6-7,10-13H2,1-3H3,(H,28,35)(H,30,37)(H,31,33)(H,32,36)/b9-8+/t15?,19?,20-/m0/s1. The van der Waals surface area contributed by atoms with Crippen LogP contribution in [0.1, 0.15) is 58.6 Å². The topological polar surface area (TPSA) is 146 Å². The Morgan fingerprint density at radius 1 is 1.14 bits per heavy atom. The Balaban J connectivity index is 1.72. The van der Waals surface area contributed by atoms with Crippen LogP contribution in [0.4, 0.5) is 0 Å². The summed E-state index contributed by atoms with van der Waals surface area (Å²) in [5.41, 5.74) is 0.170. The number of carbonyl (C=O) groups is 5. The van der Waals surface area contributed by atoms with Crippen molar-refractivity contribution >= 4 is 47.1 Å². The molecule has 0 spiro atoms. The Hall–Kier alpha value is -3.27. The first kappa shape index (κ1) is 28.3. The van der Waals surface area contributed by atoms with Crippen LogP contribution in [0.2, 0.25) is 5.02 Å². The Morgan fingerprint density at radius 2 is 1.86 bits per heavy atom. The first-order chi connectivity index (χ1) is 17.4. The summed E-state index contributed by atoms with van der Waals surface area (Å²) in [6.45, 7) is 6.23. The summed E-state index contributed by atoms with van der Waals surface area (Å²) in [4.78, 5) is 67.7. The minimum atomic E-state index is -1.19. The molecule has 10 nitrogen and oxygen atoms in total. The van der Waals surface area contributed by atoms with Gasteiger partial charge in [-0.1, -0.05) is 32.4 Å². The van der Waals surface area contributed by atoms with Gasteiger partial charge in [0.25, 0.3) is 5.91 Å². The molecule has 1 saturated carbocycles. The molecule has 1 aromatic heterocycles. The quantitative estimate of drug-likeness (QED) is 0.251. The van der Waals surface area contributed by atoms with E-state index in [4.69, 9.17) is 11.6 Å². The number of nitrogens with zero attached hydrogens (tertiary/aromatic N) is 1. The number of ketones is 1. The molecule has 2 unspecified atom stereocenters. The number of carbonyl (C=O) groups excluding carboxylic acids is 5. The maximum absolute atomic E-state index is 13.3. The van der Waals surface area contributed by atoms with Crippen LogP contribution in [0.15, 0.2) is 24.4 Å². The number of Topliss-reactive ketones (excluding diaryl/α,β-unsaturated/α-hetero) is 1. The van der Waals surface area contributed by atoms with Crippen molar-refractivity contribution in [2.24, 2.45) is 11.3 Å². The molecule has 11 heteroatoms. The van der Waals surface area contributed by atoms with Crippen molar-refractivity contribution in [1.29, 1.82) is 0 Å². The van der Waals surface area contributed by atoms with Crippen molar-refractivity contribution in [1.82, 2.24) is 26.3 Å². The number of hydrogen-bond acceptors (Lipinski definition) is 6. The van der Waals surface area contributed by atoms with Crippen molar-refractivity contribution in [3.63, 3.8) is 0 Å². The van der Waals surface area contributed by atoms with E-state index in [0.717, 1.165) is 12.8 Å². The molecule has 2 heterocycles. The van der Waals surface area contributed by atoms with Gasteiger partial charge in [-0.05, 0) is 55.7 Å². The Bertz CT molecular complexity index is 1060. The number of aromatic nitrogens is 1. The number of nitrogens with one attached hydrogen (secondary N) is 4. The fourth-order valence-corrected chi connectivity index (χ4v) is 4.10. The molecule has 0 radical (unpaired) electrons. The van der Waals surface area contributed by atoms with Crippen LogP contribution in [0, 0.1) is 11.3 Å². The monoisotopic (exact) mass is 531 g/mol. The first-order valence-electron chi connectivity index (χ1n) is 12.4. The Labute approximate surface area is 221 Å². The molecule has 2 fully saturated rings. The van der Waals surface area contributed by atoms with Gasteiger partial charge in [0.2, 0.25) is 23.5 Å². The zero-order valence-corrected chi connectivity index (χ0v) is 22.1. The van der Waals surface area contributed by atoms with E-state index in [1.165, 1.54) is 18.3 Å². The predicted molar refractivity (Wildman–Crippen MR) is 138 cm³/mol. The van der Waals surface area contributed by atoms with Crippen molar-refractivity contribution < 1.29 is 24.0 Å². The molecule has 1 aliphatic carbocycles. The van der Waals surface area contributed by atoms with E-state index in [2.05, 4.69) is 26.3 Å². The molecular weight excluding hydrogens is 498 g/mol. The van der Waals surface area contributed by atoms with Gasteiger partial charge in [-0.15, -0.1) is 0 Å². The van der Waals surface area contributed by atoms with Gasteiger partial charge in [0.05, 0.1) is 16.8 Å². The van der Waals surface area contributed by atoms with Crippen LogP contribution >= 0.6 is 11.6 Å². The van der Waals surface area contributed by atoms with Gasteiger partial charge in [0, 0.05) is 30.8 Å². The summed E-state index contributed by atoms with van der Waals surface area (Å²) in [7, 11) is 0. The molecule has 200 valence electrons. The van der Waals surface area contributed by atoms with Gasteiger partial charge in [-0.2, -0.15) is 0 Å². The van der Waals surface area contributed by atoms with Gasteiger partial charge in [-0.3, -0.25) is 29.0 Å². The van der Waals surface area contributed by atoms with Crippen molar-refractivity contribution in [3.8, 4) is 0 Å². The third-order valence-electron chi connectivity index (χ3n) is 6.06. The van der Waals surface area contributed by atoms with E-state index >= 15 is 0 Å². The minimum Gasteiger partial charge on any atom is -0.356 e. The first-order valence-corrected chi connectivity index (χ1v) is 12.8. The summed E-state index contributed by atoms with van der Waals surface area (Å²) in [5, 5.41) is 11.2. The normalized spacial score (nSPS) is 19.1. The highest BCUT2D eigenvalue weighted by atomic mass is 35.5. The second-order valence-corrected chi connectivity index (χ2v) is 11.2. The molecule has 1 aliphatic heterocycles. The lowest BCUT2D eigenvalue weighted by Crippen LogP contribution is -2.55. The van der Waals surface area contributed by atoms with Gasteiger partial charge in [-0.25, -0.2) is 0 Å². The highest BCUT2D eigenvalue weighted by Crippen LogP contribution is 2.23. The third-order valence-corrected chi connectivity index (χ3v) is 6.28. The van der Waals surface area contributed by atoms with E-state index < -0.39 is 41.5 Å².